The molecule has 1 saturated heterocycles. The Labute approximate surface area is 206 Å². The van der Waals surface area contributed by atoms with Crippen LogP contribution >= 0.6 is 23.2 Å². The van der Waals surface area contributed by atoms with Gasteiger partial charge in [0.15, 0.2) is 0 Å². The summed E-state index contributed by atoms with van der Waals surface area (Å²) in [5, 5.41) is 3.83. The molecule has 0 saturated carbocycles. The van der Waals surface area contributed by atoms with Gasteiger partial charge in [-0.05, 0) is 61.2 Å². The summed E-state index contributed by atoms with van der Waals surface area (Å²) in [6, 6.07) is 9.99. The van der Waals surface area contributed by atoms with Gasteiger partial charge in [-0.25, -0.2) is 8.42 Å². The van der Waals surface area contributed by atoms with Gasteiger partial charge in [-0.2, -0.15) is 4.31 Å². The molecule has 0 aromatic heterocycles. The zero-order valence-electron chi connectivity index (χ0n) is 18.9. The molecule has 1 heterocycles. The molecule has 0 radical (unpaired) electrons. The molecular formula is C24H29Cl2N3O3S. The molecule has 6 nitrogen and oxygen atoms in total. The third kappa shape index (κ3) is 6.29. The van der Waals surface area contributed by atoms with Crippen LogP contribution in [0, 0.1) is 0 Å². The zero-order chi connectivity index (χ0) is 24.0. The Kier molecular flexibility index (Phi) is 8.82. The molecule has 2 aromatic rings. The fourth-order valence-corrected chi connectivity index (χ4v) is 5.83. The number of piperidine rings is 1. The third-order valence-electron chi connectivity index (χ3n) is 5.64. The van der Waals surface area contributed by atoms with Gasteiger partial charge in [0.2, 0.25) is 15.9 Å². The van der Waals surface area contributed by atoms with Crippen molar-refractivity contribution in [2.45, 2.75) is 38.0 Å². The summed E-state index contributed by atoms with van der Waals surface area (Å²) >= 11 is 12.1. The number of benzene rings is 2. The number of nitrogens with one attached hydrogen (secondary N) is 1. The first-order valence-corrected chi connectivity index (χ1v) is 13.3. The van der Waals surface area contributed by atoms with E-state index in [0.29, 0.717) is 34.4 Å². The number of hydrogen-bond donors (Lipinski definition) is 1. The lowest BCUT2D eigenvalue weighted by atomic mass is 10.1. The highest BCUT2D eigenvalue weighted by Gasteiger charge is 2.24. The predicted molar refractivity (Wildman–Crippen MR) is 137 cm³/mol. The fraction of sp³-hybridized carbons (Fsp3) is 0.375. The van der Waals surface area contributed by atoms with Crippen LogP contribution < -0.4 is 10.2 Å². The van der Waals surface area contributed by atoms with E-state index < -0.39 is 10.0 Å². The molecule has 0 atom stereocenters. The largest absolute Gasteiger partial charge is 0.370 e. The van der Waals surface area contributed by atoms with E-state index in [9.17, 15) is 13.2 Å². The van der Waals surface area contributed by atoms with Crippen molar-refractivity contribution < 1.29 is 13.2 Å². The van der Waals surface area contributed by atoms with Crippen LogP contribution in [0.25, 0.3) is 6.08 Å². The highest BCUT2D eigenvalue weighted by atomic mass is 35.5. The number of amides is 1. The van der Waals surface area contributed by atoms with Gasteiger partial charge in [0.1, 0.15) is 0 Å². The molecule has 33 heavy (non-hydrogen) atoms. The number of hydrogen-bond acceptors (Lipinski definition) is 4. The van der Waals surface area contributed by atoms with Crippen molar-refractivity contribution in [1.82, 2.24) is 4.31 Å². The van der Waals surface area contributed by atoms with Gasteiger partial charge in [0.05, 0.1) is 16.3 Å². The van der Waals surface area contributed by atoms with E-state index >= 15 is 0 Å². The predicted octanol–water partition coefficient (Wildman–Crippen LogP) is 5.67. The summed E-state index contributed by atoms with van der Waals surface area (Å²) < 4.78 is 27.5. The Morgan fingerprint density at radius 3 is 2.39 bits per heavy atom. The lowest BCUT2D eigenvalue weighted by molar-refractivity contribution is -0.111. The number of halogens is 2. The Morgan fingerprint density at radius 1 is 1.06 bits per heavy atom. The zero-order valence-corrected chi connectivity index (χ0v) is 21.2. The molecule has 178 valence electrons. The summed E-state index contributed by atoms with van der Waals surface area (Å²) in [6.07, 6.45) is 6.26. The smallest absolute Gasteiger partial charge is 0.248 e. The third-order valence-corrected chi connectivity index (χ3v) is 8.25. The van der Waals surface area contributed by atoms with Crippen LogP contribution in [0.5, 0.6) is 0 Å². The Morgan fingerprint density at radius 2 is 1.76 bits per heavy atom. The Bertz CT molecular complexity index is 1130. The van der Waals surface area contributed by atoms with Crippen LogP contribution in [-0.2, 0) is 14.8 Å². The first kappa shape index (κ1) is 25.6. The van der Waals surface area contributed by atoms with E-state index in [1.165, 1.54) is 10.4 Å². The fourth-order valence-electron chi connectivity index (χ4n) is 3.88. The number of nitrogens with zero attached hydrogens (tertiary/aromatic N) is 2. The second kappa shape index (κ2) is 11.4. The van der Waals surface area contributed by atoms with Gasteiger partial charge in [-0.1, -0.05) is 43.1 Å². The monoisotopic (exact) mass is 509 g/mol. The molecule has 0 unspecified atom stereocenters. The molecule has 1 amide bonds. The number of sulfonamides is 1. The van der Waals surface area contributed by atoms with Gasteiger partial charge in [-0.15, -0.1) is 0 Å². The first-order valence-electron chi connectivity index (χ1n) is 11.1. The van der Waals surface area contributed by atoms with E-state index in [4.69, 9.17) is 23.2 Å². The van der Waals surface area contributed by atoms with Crippen LogP contribution in [0.1, 0.15) is 38.7 Å². The average molecular weight is 510 g/mol. The summed E-state index contributed by atoms with van der Waals surface area (Å²) in [7, 11) is -3.66. The minimum absolute atomic E-state index is 0.159. The van der Waals surface area contributed by atoms with Crippen molar-refractivity contribution in [3.63, 3.8) is 0 Å². The second-order valence-corrected chi connectivity index (χ2v) is 10.6. The Balaban J connectivity index is 1.92. The van der Waals surface area contributed by atoms with Crippen LogP contribution in [0.2, 0.25) is 10.0 Å². The van der Waals surface area contributed by atoms with Gasteiger partial charge in [-0.3, -0.25) is 4.79 Å². The topological polar surface area (TPSA) is 69.7 Å². The van der Waals surface area contributed by atoms with Crippen molar-refractivity contribution in [1.29, 1.82) is 0 Å². The average Bonchev–Trinajstić information content (AvgIpc) is 2.79. The number of rotatable bonds is 8. The first-order chi connectivity index (χ1) is 15.8. The van der Waals surface area contributed by atoms with Crippen LogP contribution in [-0.4, -0.2) is 44.8 Å². The van der Waals surface area contributed by atoms with E-state index in [1.54, 1.807) is 56.3 Å². The molecule has 1 N–H and O–H groups in total. The van der Waals surface area contributed by atoms with Crippen molar-refractivity contribution in [2.24, 2.45) is 0 Å². The highest BCUT2D eigenvalue weighted by Crippen LogP contribution is 2.32. The molecule has 1 fully saturated rings. The normalized spacial score (nSPS) is 14.8. The highest BCUT2D eigenvalue weighted by molar-refractivity contribution is 7.89. The van der Waals surface area contributed by atoms with E-state index in [2.05, 4.69) is 10.2 Å². The molecule has 1 aliphatic rings. The summed E-state index contributed by atoms with van der Waals surface area (Å²) in [5.74, 6) is -0.378. The molecule has 2 aromatic carbocycles. The van der Waals surface area contributed by atoms with Gasteiger partial charge in [0, 0.05) is 42.3 Å². The quantitative estimate of drug-likeness (QED) is 0.465. The maximum Gasteiger partial charge on any atom is 0.248 e. The van der Waals surface area contributed by atoms with Gasteiger partial charge < -0.3 is 10.2 Å². The minimum atomic E-state index is -3.66. The molecular weight excluding hydrogens is 481 g/mol. The SMILES string of the molecule is CCN(CC)S(=O)(=O)c1ccc(N2CCCCC2)c(NC(=O)C=Cc2ccc(Cl)cc2Cl)c1. The summed E-state index contributed by atoms with van der Waals surface area (Å²) in [5.41, 5.74) is 1.95. The van der Waals surface area contributed by atoms with E-state index in [-0.39, 0.29) is 10.8 Å². The minimum Gasteiger partial charge on any atom is -0.370 e. The number of carbonyl (C=O) groups excluding carboxylic acids is 1. The van der Waals surface area contributed by atoms with E-state index in [1.807, 2.05) is 0 Å². The molecule has 9 heteroatoms. The van der Waals surface area contributed by atoms with Crippen LogP contribution in [0.15, 0.2) is 47.4 Å². The lowest BCUT2D eigenvalue weighted by Gasteiger charge is -2.31. The van der Waals surface area contributed by atoms with Gasteiger partial charge in [0.25, 0.3) is 0 Å². The van der Waals surface area contributed by atoms with Crippen molar-refractivity contribution in [3.8, 4) is 0 Å². The number of anilines is 2. The molecule has 1 aliphatic heterocycles. The van der Waals surface area contributed by atoms with Crippen LogP contribution in [0.3, 0.4) is 0 Å². The van der Waals surface area contributed by atoms with Crippen molar-refractivity contribution in [3.05, 3.63) is 58.1 Å². The summed E-state index contributed by atoms with van der Waals surface area (Å²) in [4.78, 5) is 15.1. The van der Waals surface area contributed by atoms with Crippen molar-refractivity contribution in [2.75, 3.05) is 36.4 Å². The van der Waals surface area contributed by atoms with Crippen molar-refractivity contribution >= 4 is 56.6 Å². The number of carbonyl (C=O) groups is 1. The molecule has 0 aliphatic carbocycles. The lowest BCUT2D eigenvalue weighted by Crippen LogP contribution is -2.32. The molecule has 0 spiro atoms. The summed E-state index contributed by atoms with van der Waals surface area (Å²) in [6.45, 7) is 6.08. The maximum atomic E-state index is 13.1. The second-order valence-electron chi connectivity index (χ2n) is 7.80. The maximum absolute atomic E-state index is 13.1. The standard InChI is InChI=1S/C24H29Cl2N3O3S/c1-3-29(4-2)33(31,32)20-11-12-23(28-14-6-5-7-15-28)22(17-20)27-24(30)13-9-18-8-10-19(25)16-21(18)26/h8-13,16-17H,3-7,14-15H2,1-2H3,(H,27,30). The van der Waals surface area contributed by atoms with Gasteiger partial charge >= 0.3 is 0 Å². The Hall–Kier alpha value is -2.06. The molecule has 0 bridgehead atoms. The molecule has 3 rings (SSSR count). The van der Waals surface area contributed by atoms with Crippen LogP contribution in [0.4, 0.5) is 11.4 Å². The van der Waals surface area contributed by atoms with E-state index in [0.717, 1.165) is 38.0 Å².